The molecule has 0 radical (unpaired) electrons. The van der Waals surface area contributed by atoms with Gasteiger partial charge in [-0.3, -0.25) is 38.7 Å². The van der Waals surface area contributed by atoms with Crippen LogP contribution in [0.5, 0.6) is 0 Å². The van der Waals surface area contributed by atoms with E-state index in [2.05, 4.69) is 20.6 Å². The van der Waals surface area contributed by atoms with Crippen molar-refractivity contribution in [3.05, 3.63) is 177 Å². The molecule has 0 aliphatic carbocycles. The van der Waals surface area contributed by atoms with Crippen molar-refractivity contribution in [3.63, 3.8) is 0 Å². The topological polar surface area (TPSA) is 188 Å². The van der Waals surface area contributed by atoms with E-state index in [9.17, 15) is 33.9 Å². The highest BCUT2D eigenvalue weighted by Crippen LogP contribution is 2.33. The van der Waals surface area contributed by atoms with Gasteiger partial charge in [0.1, 0.15) is 12.1 Å². The van der Waals surface area contributed by atoms with E-state index in [0.717, 1.165) is 55.6 Å². The van der Waals surface area contributed by atoms with Crippen LogP contribution >= 0.6 is 0 Å². The lowest BCUT2D eigenvalue weighted by Crippen LogP contribution is -2.48. The Balaban J connectivity index is 0.000000244. The van der Waals surface area contributed by atoms with Crippen LogP contribution in [-0.4, -0.2) is 79.6 Å². The molecule has 2 aliphatic heterocycles. The van der Waals surface area contributed by atoms with E-state index in [1.807, 2.05) is 140 Å². The number of carbonyl (C=O) groups is 6. The lowest BCUT2D eigenvalue weighted by Gasteiger charge is -2.30. The number of amides is 4. The smallest absolute Gasteiger partial charge is 0.307 e. The monoisotopic (exact) mass is 1030 g/mol. The average Bonchev–Trinajstić information content (AvgIpc) is 3.89. The van der Waals surface area contributed by atoms with Gasteiger partial charge < -0.3 is 30.3 Å². The number of nitrogens with zero attached hydrogens (tertiary/aromatic N) is 4. The van der Waals surface area contributed by atoms with Crippen molar-refractivity contribution in [3.8, 4) is 22.3 Å². The quantitative estimate of drug-likeness (QED) is 0.0699. The summed E-state index contributed by atoms with van der Waals surface area (Å²) in [6, 6.07) is 28.0. The van der Waals surface area contributed by atoms with Crippen molar-refractivity contribution in [1.82, 2.24) is 30.4 Å². The number of rotatable bonds is 18. The highest BCUT2D eigenvalue weighted by Gasteiger charge is 2.39. The fraction of sp³-hybridized carbons (Fsp3) is 0.355. The Bertz CT molecular complexity index is 3060. The van der Waals surface area contributed by atoms with Crippen molar-refractivity contribution >= 4 is 35.6 Å². The maximum Gasteiger partial charge on any atom is 0.307 e. The van der Waals surface area contributed by atoms with Crippen LogP contribution in [0.3, 0.4) is 0 Å². The van der Waals surface area contributed by atoms with E-state index in [1.165, 1.54) is 7.11 Å². The molecule has 0 saturated carbocycles. The molecule has 2 aliphatic rings. The van der Waals surface area contributed by atoms with Crippen LogP contribution in [0.4, 0.5) is 0 Å². The Morgan fingerprint density at radius 3 is 1.32 bits per heavy atom. The molecule has 76 heavy (non-hydrogen) atoms. The van der Waals surface area contributed by atoms with E-state index >= 15 is 0 Å². The van der Waals surface area contributed by atoms with Crippen LogP contribution in [0, 0.1) is 39.5 Å². The molecule has 4 atom stereocenters. The second kappa shape index (κ2) is 25.5. The van der Waals surface area contributed by atoms with Gasteiger partial charge in [-0.25, -0.2) is 0 Å². The number of pyridine rings is 2. The van der Waals surface area contributed by atoms with Crippen molar-refractivity contribution in [2.45, 2.75) is 126 Å². The van der Waals surface area contributed by atoms with Gasteiger partial charge in [0, 0.05) is 60.1 Å². The number of methoxy groups -OCH3 is 1. The number of benzene rings is 4. The molecule has 4 aromatic carbocycles. The van der Waals surface area contributed by atoms with Gasteiger partial charge in [0.15, 0.2) is 0 Å². The number of aromatic nitrogens is 2. The van der Waals surface area contributed by atoms with Crippen LogP contribution in [0.25, 0.3) is 22.3 Å². The summed E-state index contributed by atoms with van der Waals surface area (Å²) in [5, 5.41) is 15.7. The second-order valence-corrected chi connectivity index (χ2v) is 20.5. The van der Waals surface area contributed by atoms with E-state index in [0.29, 0.717) is 48.2 Å². The average molecular weight is 1030 g/mol. The number of fused-ring (bicyclic) bond motifs is 2. The molecular formula is C62H72N6O8. The summed E-state index contributed by atoms with van der Waals surface area (Å²) in [6.07, 6.45) is 7.41. The fourth-order valence-corrected chi connectivity index (χ4v) is 10.3. The zero-order valence-corrected chi connectivity index (χ0v) is 44.3. The Hall–Kier alpha value is -8.00. The Kier molecular flexibility index (Phi) is 19.2. The standard InChI is InChI=1S/C31H35N3O4.C30H33N3O4.CH4/c1-19(2)13-27(34-18-22-11-6-7-12-25(22)31(34)37)30(36)33-26(15-28(35)38-5)23-14-24(17-32-16-23)29-20(3)9-8-10-21(29)4;1-18(2)12-26(33-17-21-10-5-6-11-24(21)30(33)37)29(36)32-25(14-27(34)35)22-13-23(16-31-15-22)28-19(3)8-7-9-20(28)4;/h6-12,14,16-17,19,26-27H,13,15,18H2,1-5H3,(H,33,36);5-11,13,15-16,18,25-26H,12,14,17H2,1-4H3,(H,32,36)(H,34,35);1H4/t26-,27?;25-,26?;/m00./s1. The minimum Gasteiger partial charge on any atom is -0.481 e. The van der Waals surface area contributed by atoms with Gasteiger partial charge in [-0.15, -0.1) is 0 Å². The van der Waals surface area contributed by atoms with Crippen LogP contribution < -0.4 is 10.6 Å². The first-order chi connectivity index (χ1) is 35.8. The van der Waals surface area contributed by atoms with E-state index < -0.39 is 36.1 Å². The highest BCUT2D eigenvalue weighted by atomic mass is 16.5. The first-order valence-corrected chi connectivity index (χ1v) is 25.5. The largest absolute Gasteiger partial charge is 0.481 e. The fourth-order valence-electron chi connectivity index (χ4n) is 10.3. The first kappa shape index (κ1) is 57.3. The maximum atomic E-state index is 13.8. The third-order valence-corrected chi connectivity index (χ3v) is 13.9. The van der Waals surface area contributed by atoms with Gasteiger partial charge in [-0.2, -0.15) is 0 Å². The molecule has 4 amide bonds. The molecule has 4 heterocycles. The van der Waals surface area contributed by atoms with Crippen molar-refractivity contribution in [1.29, 1.82) is 0 Å². The van der Waals surface area contributed by atoms with Crippen molar-refractivity contribution in [2.75, 3.05) is 7.11 Å². The molecule has 0 fully saturated rings. The number of carbonyl (C=O) groups excluding carboxylic acids is 5. The molecular weight excluding hydrogens is 957 g/mol. The summed E-state index contributed by atoms with van der Waals surface area (Å²) in [5.41, 5.74) is 12.6. The minimum atomic E-state index is -1.03. The number of aryl methyl sites for hydroxylation is 4. The Morgan fingerprint density at radius 1 is 0.579 bits per heavy atom. The SMILES string of the molecule is C.COC(=O)C[C@H](NC(=O)C(CC(C)C)N1Cc2ccccc2C1=O)c1cncc(-c2c(C)cccc2C)c1.Cc1cccc(C)c1-c1cncc([C@H](CC(=O)O)NC(=O)C(CC(C)C)N2Cc3ccccc3C2=O)c1. The summed E-state index contributed by atoms with van der Waals surface area (Å²) < 4.78 is 4.95. The van der Waals surface area contributed by atoms with Crippen LogP contribution in [0.15, 0.2) is 122 Å². The summed E-state index contributed by atoms with van der Waals surface area (Å²) in [6.45, 7) is 16.9. The molecule has 0 spiro atoms. The molecule has 8 rings (SSSR count). The van der Waals surface area contributed by atoms with Crippen molar-refractivity contribution in [2.24, 2.45) is 11.8 Å². The van der Waals surface area contributed by atoms with Gasteiger partial charge in [0.05, 0.1) is 32.0 Å². The number of carboxylic acids is 1. The Labute approximate surface area is 447 Å². The number of aliphatic carboxylic acids is 1. The van der Waals surface area contributed by atoms with Gasteiger partial charge in [0.25, 0.3) is 11.8 Å². The van der Waals surface area contributed by atoms with Gasteiger partial charge in [-0.05, 0) is 132 Å². The predicted molar refractivity (Wildman–Crippen MR) is 295 cm³/mol. The minimum absolute atomic E-state index is 0. The third kappa shape index (κ3) is 13.4. The molecule has 3 N–H and O–H groups in total. The number of ether oxygens (including phenoxy) is 1. The number of hydrogen-bond donors (Lipinski definition) is 3. The molecule has 14 heteroatoms. The van der Waals surface area contributed by atoms with E-state index in [-0.39, 0.29) is 55.7 Å². The number of carboxylic acid groups (broad SMARTS) is 1. The summed E-state index contributed by atoms with van der Waals surface area (Å²) in [5.74, 6) is -2.14. The molecule has 14 nitrogen and oxygen atoms in total. The second-order valence-electron chi connectivity index (χ2n) is 20.5. The molecule has 2 unspecified atom stereocenters. The van der Waals surface area contributed by atoms with E-state index in [4.69, 9.17) is 4.74 Å². The Morgan fingerprint density at radius 2 is 0.961 bits per heavy atom. The molecule has 2 aromatic heterocycles. The third-order valence-electron chi connectivity index (χ3n) is 13.9. The van der Waals surface area contributed by atoms with Crippen LogP contribution in [0.2, 0.25) is 0 Å². The molecule has 6 aromatic rings. The highest BCUT2D eigenvalue weighted by molar-refractivity contribution is 6.02. The maximum absolute atomic E-state index is 13.8. The molecule has 398 valence electrons. The summed E-state index contributed by atoms with van der Waals surface area (Å²) in [4.78, 5) is 90.1. The lowest BCUT2D eigenvalue weighted by atomic mass is 9.94. The van der Waals surface area contributed by atoms with E-state index in [1.54, 1.807) is 46.7 Å². The van der Waals surface area contributed by atoms with Crippen molar-refractivity contribution < 1.29 is 38.6 Å². The zero-order chi connectivity index (χ0) is 54.1. The number of hydrogen-bond acceptors (Lipinski definition) is 9. The predicted octanol–water partition coefficient (Wildman–Crippen LogP) is 10.9. The van der Waals surface area contributed by atoms with Crippen LogP contribution in [-0.2, 0) is 37.0 Å². The van der Waals surface area contributed by atoms with Gasteiger partial charge in [-0.1, -0.05) is 108 Å². The zero-order valence-electron chi connectivity index (χ0n) is 44.3. The molecule has 0 bridgehead atoms. The van der Waals surface area contributed by atoms with Gasteiger partial charge >= 0.3 is 11.9 Å². The normalized spacial score (nSPS) is 14.1. The van der Waals surface area contributed by atoms with Gasteiger partial charge in [0.2, 0.25) is 11.8 Å². The number of nitrogens with one attached hydrogen (secondary N) is 2. The molecule has 0 saturated heterocycles. The summed E-state index contributed by atoms with van der Waals surface area (Å²) in [7, 11) is 1.33. The number of esters is 1. The van der Waals surface area contributed by atoms with Crippen LogP contribution in [0.1, 0.15) is 138 Å². The first-order valence-electron chi connectivity index (χ1n) is 25.5. The summed E-state index contributed by atoms with van der Waals surface area (Å²) >= 11 is 0. The lowest BCUT2D eigenvalue weighted by molar-refractivity contribution is -0.142.